The molecule has 0 saturated heterocycles. The molecule has 9 nitrogen and oxygen atoms in total. The van der Waals surface area contributed by atoms with E-state index in [4.69, 9.17) is 21.6 Å². The lowest BCUT2D eigenvalue weighted by atomic mass is 10.1. The number of aromatic nitrogens is 5. The first kappa shape index (κ1) is 19.4. The molecule has 3 heterocycles. The lowest BCUT2D eigenvalue weighted by molar-refractivity contribution is 0.454. The number of H-pyrrole nitrogens is 2. The first-order valence-corrected chi connectivity index (χ1v) is 10.3. The highest BCUT2D eigenvalue weighted by molar-refractivity contribution is 6.31. The number of halogens is 1. The summed E-state index contributed by atoms with van der Waals surface area (Å²) in [4.78, 5) is 25.8. The van der Waals surface area contributed by atoms with Crippen LogP contribution in [0.5, 0.6) is 5.88 Å². The Hall–Kier alpha value is -3.59. The molecule has 0 aliphatic heterocycles. The third kappa shape index (κ3) is 3.91. The van der Waals surface area contributed by atoms with Crippen molar-refractivity contribution in [2.75, 3.05) is 5.32 Å². The van der Waals surface area contributed by atoms with Crippen LogP contribution in [-0.2, 0) is 6.54 Å². The van der Waals surface area contributed by atoms with Crippen molar-refractivity contribution < 1.29 is 5.11 Å². The van der Waals surface area contributed by atoms with Crippen LogP contribution in [0.4, 0.5) is 5.82 Å². The molecule has 1 fully saturated rings. The van der Waals surface area contributed by atoms with E-state index in [0.717, 1.165) is 24.0 Å². The van der Waals surface area contributed by atoms with E-state index in [1.165, 1.54) is 0 Å². The monoisotopic (exact) mass is 437 g/mol. The van der Waals surface area contributed by atoms with Gasteiger partial charge in [-0.1, -0.05) is 23.7 Å². The van der Waals surface area contributed by atoms with Gasteiger partial charge in [-0.2, -0.15) is 9.61 Å². The van der Waals surface area contributed by atoms with Gasteiger partial charge in [-0.15, -0.1) is 0 Å². The van der Waals surface area contributed by atoms with E-state index in [0.29, 0.717) is 39.8 Å². The molecule has 0 unspecified atom stereocenters. The Morgan fingerprint density at radius 3 is 2.94 bits per heavy atom. The number of anilines is 1. The molecule has 1 aliphatic carbocycles. The number of imidazole rings is 1. The second-order valence-electron chi connectivity index (χ2n) is 7.57. The van der Waals surface area contributed by atoms with Crippen LogP contribution < -0.4 is 21.7 Å². The summed E-state index contributed by atoms with van der Waals surface area (Å²) < 4.78 is 1.66. The van der Waals surface area contributed by atoms with Gasteiger partial charge in [0, 0.05) is 22.9 Å². The molecule has 5 rings (SSSR count). The van der Waals surface area contributed by atoms with E-state index in [1.807, 2.05) is 31.2 Å². The standard InChI is InChI=1S/C21H20ClN7O2/c1-11-3-2-4-15(22)14(11)10-23-17-8-18(25-13-5-6-13)29-19(27-17)12(9-24-29)7-16-20(30)28-21(31)26-16/h2-4,7-9,13,23,30H,5-6,10H2,1H3,(H2,26,28,31). The normalized spacial score (nSPS) is 15.2. The third-order valence-electron chi connectivity index (χ3n) is 5.18. The molecule has 1 aliphatic rings. The third-order valence-corrected chi connectivity index (χ3v) is 5.53. The average Bonchev–Trinajstić information content (AvgIpc) is 3.36. The van der Waals surface area contributed by atoms with Gasteiger partial charge in [-0.3, -0.25) is 9.98 Å². The van der Waals surface area contributed by atoms with E-state index in [1.54, 1.807) is 16.8 Å². The first-order valence-electron chi connectivity index (χ1n) is 9.91. The van der Waals surface area contributed by atoms with Crippen molar-refractivity contribution in [1.29, 1.82) is 0 Å². The summed E-state index contributed by atoms with van der Waals surface area (Å²) in [7, 11) is 0. The molecule has 0 radical (unpaired) electrons. The largest absolute Gasteiger partial charge is 0.493 e. The van der Waals surface area contributed by atoms with Crippen LogP contribution in [0.15, 0.2) is 40.2 Å². The van der Waals surface area contributed by atoms with Gasteiger partial charge in [-0.05, 0) is 43.0 Å². The zero-order chi connectivity index (χ0) is 21.5. The van der Waals surface area contributed by atoms with Crippen LogP contribution in [0.2, 0.25) is 5.02 Å². The minimum atomic E-state index is -0.491. The highest BCUT2D eigenvalue weighted by Crippen LogP contribution is 2.23. The average molecular weight is 438 g/mol. The minimum Gasteiger partial charge on any atom is -0.493 e. The van der Waals surface area contributed by atoms with E-state index >= 15 is 0 Å². The van der Waals surface area contributed by atoms with Gasteiger partial charge in [0.2, 0.25) is 5.88 Å². The summed E-state index contributed by atoms with van der Waals surface area (Å²) in [6.07, 6.45) is 5.36. The van der Waals surface area contributed by atoms with E-state index in [9.17, 15) is 9.90 Å². The number of hydrogen-bond acceptors (Lipinski definition) is 6. The van der Waals surface area contributed by atoms with Crippen LogP contribution in [0.25, 0.3) is 11.7 Å². The molecule has 0 atom stereocenters. The summed E-state index contributed by atoms with van der Waals surface area (Å²) in [5.41, 5.74) is 3.11. The van der Waals surface area contributed by atoms with Gasteiger partial charge < -0.3 is 15.4 Å². The summed E-state index contributed by atoms with van der Waals surface area (Å²) in [6.45, 7) is 2.53. The Bertz CT molecular complexity index is 1440. The Kier molecular flexibility index (Phi) is 4.74. The molecule has 1 saturated carbocycles. The molecular weight excluding hydrogens is 418 g/mol. The Morgan fingerprint density at radius 2 is 2.23 bits per heavy atom. The molecule has 10 heteroatoms. The zero-order valence-electron chi connectivity index (χ0n) is 16.7. The van der Waals surface area contributed by atoms with E-state index < -0.39 is 5.69 Å². The minimum absolute atomic E-state index is 0.240. The fourth-order valence-corrected chi connectivity index (χ4v) is 3.64. The predicted octanol–water partition coefficient (Wildman–Crippen LogP) is 1.64. The number of nitrogens with one attached hydrogen (secondary N) is 3. The molecule has 0 bridgehead atoms. The molecule has 0 spiro atoms. The summed E-state index contributed by atoms with van der Waals surface area (Å²) in [5.74, 6) is 0.392. The number of fused-ring (bicyclic) bond motifs is 1. The quantitative estimate of drug-likeness (QED) is 0.378. The van der Waals surface area contributed by atoms with Crippen molar-refractivity contribution >= 4 is 29.1 Å². The maximum Gasteiger partial charge on any atom is 0.326 e. The van der Waals surface area contributed by atoms with Gasteiger partial charge in [0.1, 0.15) is 11.5 Å². The van der Waals surface area contributed by atoms with Crippen molar-refractivity contribution in [3.63, 3.8) is 0 Å². The van der Waals surface area contributed by atoms with Crippen LogP contribution >= 0.6 is 11.6 Å². The number of aromatic hydroxyl groups is 1. The molecule has 0 amide bonds. The fourth-order valence-electron chi connectivity index (χ4n) is 3.36. The Labute approximate surface area is 181 Å². The molecular formula is C21H20ClN7O2. The number of nitrogens with zero attached hydrogens (tertiary/aromatic N) is 4. The van der Waals surface area contributed by atoms with Crippen LogP contribution in [-0.4, -0.2) is 35.7 Å². The van der Waals surface area contributed by atoms with Gasteiger partial charge in [-0.25, -0.2) is 9.78 Å². The van der Waals surface area contributed by atoms with E-state index in [-0.39, 0.29) is 11.6 Å². The van der Waals surface area contributed by atoms with Crippen LogP contribution in [0.1, 0.15) is 29.7 Å². The lowest BCUT2D eigenvalue weighted by Gasteiger charge is -2.10. The second kappa shape index (κ2) is 7.59. The SMILES string of the molecule is Cc1cccc(Cl)c1CNc1cc(=NC2CC2)n2ncc(=Cc3[nH]c(=O)[nH]c3O)c2n1. The van der Waals surface area contributed by atoms with Gasteiger partial charge >= 0.3 is 5.69 Å². The molecule has 158 valence electrons. The van der Waals surface area contributed by atoms with Crippen molar-refractivity contribution in [3.8, 4) is 5.88 Å². The van der Waals surface area contributed by atoms with Crippen molar-refractivity contribution in [3.05, 3.63) is 73.5 Å². The van der Waals surface area contributed by atoms with Crippen molar-refractivity contribution in [1.82, 2.24) is 24.6 Å². The van der Waals surface area contributed by atoms with Gasteiger partial charge in [0.05, 0.1) is 12.2 Å². The summed E-state index contributed by atoms with van der Waals surface area (Å²) in [6, 6.07) is 7.97. The van der Waals surface area contributed by atoms with Gasteiger partial charge in [0.15, 0.2) is 11.1 Å². The highest BCUT2D eigenvalue weighted by Gasteiger charge is 2.20. The molecule has 4 aromatic rings. The Morgan fingerprint density at radius 1 is 1.39 bits per heavy atom. The van der Waals surface area contributed by atoms with Crippen LogP contribution in [0.3, 0.4) is 0 Å². The number of benzene rings is 1. The zero-order valence-corrected chi connectivity index (χ0v) is 17.4. The molecule has 1 aromatic carbocycles. The smallest absolute Gasteiger partial charge is 0.326 e. The molecule has 31 heavy (non-hydrogen) atoms. The van der Waals surface area contributed by atoms with Crippen molar-refractivity contribution in [2.45, 2.75) is 32.4 Å². The number of aryl methyl sites for hydroxylation is 1. The predicted molar refractivity (Wildman–Crippen MR) is 117 cm³/mol. The number of rotatable bonds is 5. The lowest BCUT2D eigenvalue weighted by Crippen LogP contribution is -2.20. The highest BCUT2D eigenvalue weighted by atomic mass is 35.5. The summed E-state index contributed by atoms with van der Waals surface area (Å²) >= 11 is 6.36. The number of hydrogen-bond donors (Lipinski definition) is 4. The number of aromatic amines is 2. The van der Waals surface area contributed by atoms with E-state index in [2.05, 4.69) is 20.4 Å². The maximum absolute atomic E-state index is 11.5. The topological polar surface area (TPSA) is 123 Å². The second-order valence-corrected chi connectivity index (χ2v) is 7.98. The molecule has 3 aromatic heterocycles. The van der Waals surface area contributed by atoms with Gasteiger partial charge in [0.25, 0.3) is 0 Å². The summed E-state index contributed by atoms with van der Waals surface area (Å²) in [5, 5.41) is 19.0. The maximum atomic E-state index is 11.5. The first-order chi connectivity index (χ1) is 15.0. The van der Waals surface area contributed by atoms with Crippen molar-refractivity contribution in [2.24, 2.45) is 4.99 Å². The molecule has 4 N–H and O–H groups in total. The fraction of sp³-hybridized carbons (Fsp3) is 0.238. The Balaban J connectivity index is 1.60. The van der Waals surface area contributed by atoms with Crippen LogP contribution in [0, 0.1) is 6.92 Å².